The van der Waals surface area contributed by atoms with Crippen molar-refractivity contribution in [1.82, 2.24) is 0 Å². The molecule has 7 heteroatoms. The zero-order chi connectivity index (χ0) is 15.7. The van der Waals surface area contributed by atoms with E-state index in [9.17, 15) is 4.39 Å². The van der Waals surface area contributed by atoms with Gasteiger partial charge in [-0.3, -0.25) is 0 Å². The van der Waals surface area contributed by atoms with Gasteiger partial charge in [0.15, 0.2) is 0 Å². The van der Waals surface area contributed by atoms with E-state index in [0.717, 1.165) is 19.1 Å². The van der Waals surface area contributed by atoms with Gasteiger partial charge in [-0.05, 0) is 63.0 Å². The van der Waals surface area contributed by atoms with E-state index in [4.69, 9.17) is 23.2 Å². The summed E-state index contributed by atoms with van der Waals surface area (Å²) in [6, 6.07) is 6.31. The zero-order valence-electron chi connectivity index (χ0n) is 10.7. The van der Waals surface area contributed by atoms with Crippen LogP contribution in [-0.2, 0) is 0 Å². The highest BCUT2D eigenvalue weighted by atomic mass is 79.9. The molecule has 2 aromatic rings. The molecule has 0 aliphatic carbocycles. The monoisotopic (exact) mass is 517 g/mol. The average molecular weight is 521 g/mol. The number of anilines is 1. The molecule has 1 unspecified atom stereocenters. The SMILES string of the molecule is CC(Nc1c(Br)cc(Br)cc1Br)c1c(Cl)ccc(F)c1Cl. The first-order valence-electron chi connectivity index (χ1n) is 5.85. The quantitative estimate of drug-likeness (QED) is 0.411. The summed E-state index contributed by atoms with van der Waals surface area (Å²) in [4.78, 5) is 0. The summed E-state index contributed by atoms with van der Waals surface area (Å²) in [5, 5.41) is 3.74. The standard InChI is InChI=1S/C14H9Br3Cl2FN/c1-6(12-10(18)2-3-11(20)13(12)19)21-14-8(16)4-7(15)5-9(14)17/h2-6,21H,1H3. The van der Waals surface area contributed by atoms with Crippen LogP contribution in [0.2, 0.25) is 10.0 Å². The zero-order valence-corrected chi connectivity index (χ0v) is 16.9. The summed E-state index contributed by atoms with van der Waals surface area (Å²) < 4.78 is 16.3. The predicted octanol–water partition coefficient (Wildman–Crippen LogP) is 7.59. The van der Waals surface area contributed by atoms with Crippen LogP contribution in [0.3, 0.4) is 0 Å². The van der Waals surface area contributed by atoms with E-state index in [-0.39, 0.29) is 11.1 Å². The van der Waals surface area contributed by atoms with Gasteiger partial charge >= 0.3 is 0 Å². The van der Waals surface area contributed by atoms with Gasteiger partial charge in [-0.1, -0.05) is 39.1 Å². The molecule has 0 fully saturated rings. The number of rotatable bonds is 3. The lowest BCUT2D eigenvalue weighted by Gasteiger charge is -2.20. The Balaban J connectivity index is 2.40. The van der Waals surface area contributed by atoms with Crippen molar-refractivity contribution in [2.24, 2.45) is 0 Å². The second-order valence-corrected chi connectivity index (χ2v) is 7.78. The van der Waals surface area contributed by atoms with Gasteiger partial charge < -0.3 is 5.32 Å². The van der Waals surface area contributed by atoms with Gasteiger partial charge in [-0.15, -0.1) is 0 Å². The first kappa shape index (κ1) is 17.5. The Labute approximate surface area is 157 Å². The molecule has 112 valence electrons. The third-order valence-electron chi connectivity index (χ3n) is 2.88. The lowest BCUT2D eigenvalue weighted by Crippen LogP contribution is -2.09. The van der Waals surface area contributed by atoms with Crippen LogP contribution >= 0.6 is 71.0 Å². The molecule has 0 amide bonds. The van der Waals surface area contributed by atoms with Crippen molar-refractivity contribution < 1.29 is 4.39 Å². The number of nitrogens with one attached hydrogen (secondary N) is 1. The van der Waals surface area contributed by atoms with Gasteiger partial charge in [0.25, 0.3) is 0 Å². The lowest BCUT2D eigenvalue weighted by molar-refractivity contribution is 0.624. The second-order valence-electron chi connectivity index (χ2n) is 4.37. The largest absolute Gasteiger partial charge is 0.377 e. The minimum absolute atomic E-state index is 0.0341. The summed E-state index contributed by atoms with van der Waals surface area (Å²) >= 11 is 22.6. The number of benzene rings is 2. The van der Waals surface area contributed by atoms with Crippen molar-refractivity contribution >= 4 is 76.7 Å². The third-order valence-corrected chi connectivity index (χ3v) is 5.30. The fourth-order valence-electron chi connectivity index (χ4n) is 1.91. The van der Waals surface area contributed by atoms with Crippen LogP contribution in [0.4, 0.5) is 10.1 Å². The molecule has 1 N–H and O–H groups in total. The fraction of sp³-hybridized carbons (Fsp3) is 0.143. The van der Waals surface area contributed by atoms with Crippen LogP contribution in [-0.4, -0.2) is 0 Å². The van der Waals surface area contributed by atoms with E-state index in [1.54, 1.807) is 0 Å². The number of hydrogen-bond acceptors (Lipinski definition) is 1. The molecular weight excluding hydrogens is 512 g/mol. The molecule has 0 saturated carbocycles. The summed E-state index contributed by atoms with van der Waals surface area (Å²) in [7, 11) is 0. The van der Waals surface area contributed by atoms with Gasteiger partial charge in [0.05, 0.1) is 16.8 Å². The molecule has 0 radical (unpaired) electrons. The molecule has 2 rings (SSSR count). The van der Waals surface area contributed by atoms with Crippen molar-refractivity contribution in [2.45, 2.75) is 13.0 Å². The molecule has 1 atom stereocenters. The molecular formula is C14H9Br3Cl2FN. The molecule has 2 aromatic carbocycles. The first-order chi connectivity index (χ1) is 9.81. The maximum Gasteiger partial charge on any atom is 0.142 e. The van der Waals surface area contributed by atoms with Crippen molar-refractivity contribution in [2.75, 3.05) is 5.32 Å². The van der Waals surface area contributed by atoms with Crippen LogP contribution in [0.25, 0.3) is 0 Å². The topological polar surface area (TPSA) is 12.0 Å². The van der Waals surface area contributed by atoms with Crippen LogP contribution in [0, 0.1) is 5.82 Å². The van der Waals surface area contributed by atoms with Crippen LogP contribution in [0.5, 0.6) is 0 Å². The molecule has 21 heavy (non-hydrogen) atoms. The minimum Gasteiger partial charge on any atom is -0.377 e. The van der Waals surface area contributed by atoms with Crippen LogP contribution in [0.15, 0.2) is 37.7 Å². The predicted molar refractivity (Wildman–Crippen MR) is 98.0 cm³/mol. The molecule has 0 aliphatic heterocycles. The Morgan fingerprint density at radius 2 is 1.67 bits per heavy atom. The Hall–Kier alpha value is 0.190. The Morgan fingerprint density at radius 1 is 1.10 bits per heavy atom. The molecule has 1 nitrogen and oxygen atoms in total. The van der Waals surface area contributed by atoms with Crippen LogP contribution < -0.4 is 5.32 Å². The highest BCUT2D eigenvalue weighted by Crippen LogP contribution is 2.39. The number of halogens is 6. The summed E-state index contributed by atoms with van der Waals surface area (Å²) in [5.74, 6) is -0.487. The smallest absolute Gasteiger partial charge is 0.142 e. The van der Waals surface area contributed by atoms with Gasteiger partial charge in [-0.25, -0.2) is 4.39 Å². The van der Waals surface area contributed by atoms with E-state index >= 15 is 0 Å². The van der Waals surface area contributed by atoms with Crippen LogP contribution in [0.1, 0.15) is 18.5 Å². The van der Waals surface area contributed by atoms with Crippen molar-refractivity contribution in [3.05, 3.63) is 59.1 Å². The number of hydrogen-bond donors (Lipinski definition) is 1. The van der Waals surface area contributed by atoms with Gasteiger partial charge in [-0.2, -0.15) is 0 Å². The summed E-state index contributed by atoms with van der Waals surface area (Å²) in [6.07, 6.45) is 0. The highest BCUT2D eigenvalue weighted by Gasteiger charge is 2.19. The van der Waals surface area contributed by atoms with Gasteiger partial charge in [0, 0.05) is 24.0 Å². The Bertz CT molecular complexity index is 671. The molecule has 0 heterocycles. The average Bonchev–Trinajstić information content (AvgIpc) is 2.38. The maximum atomic E-state index is 13.6. The van der Waals surface area contributed by atoms with Gasteiger partial charge in [0.2, 0.25) is 0 Å². The fourth-order valence-corrected chi connectivity index (χ4v) is 5.09. The molecule has 0 saturated heterocycles. The van der Waals surface area contributed by atoms with E-state index in [1.165, 1.54) is 12.1 Å². The van der Waals surface area contributed by atoms with Crippen molar-refractivity contribution in [3.63, 3.8) is 0 Å². The Morgan fingerprint density at radius 3 is 2.24 bits per heavy atom. The highest BCUT2D eigenvalue weighted by molar-refractivity contribution is 9.11. The summed E-state index contributed by atoms with van der Waals surface area (Å²) in [5.41, 5.74) is 1.36. The minimum atomic E-state index is -0.487. The molecule has 0 spiro atoms. The lowest BCUT2D eigenvalue weighted by atomic mass is 10.1. The van der Waals surface area contributed by atoms with Crippen molar-refractivity contribution in [3.8, 4) is 0 Å². The first-order valence-corrected chi connectivity index (χ1v) is 8.99. The third kappa shape index (κ3) is 3.94. The Kier molecular flexibility index (Phi) is 5.99. The van der Waals surface area contributed by atoms with Crippen molar-refractivity contribution in [1.29, 1.82) is 0 Å². The maximum absolute atomic E-state index is 13.6. The van der Waals surface area contributed by atoms with E-state index < -0.39 is 5.82 Å². The molecule has 0 aromatic heterocycles. The molecule has 0 aliphatic rings. The second kappa shape index (κ2) is 7.18. The van der Waals surface area contributed by atoms with E-state index in [0.29, 0.717) is 10.6 Å². The van der Waals surface area contributed by atoms with E-state index in [1.807, 2.05) is 19.1 Å². The normalized spacial score (nSPS) is 12.3. The summed E-state index contributed by atoms with van der Waals surface area (Å²) in [6.45, 7) is 1.87. The van der Waals surface area contributed by atoms with Gasteiger partial charge in [0.1, 0.15) is 5.82 Å². The molecule has 0 bridgehead atoms. The van der Waals surface area contributed by atoms with E-state index in [2.05, 4.69) is 53.1 Å².